The van der Waals surface area contributed by atoms with Gasteiger partial charge in [-0.3, -0.25) is 0 Å². The number of ether oxygens (including phenoxy) is 1. The monoisotopic (exact) mass is 253 g/mol. The summed E-state index contributed by atoms with van der Waals surface area (Å²) in [5.74, 6) is -1.01. The fourth-order valence-electron chi connectivity index (χ4n) is 0.981. The summed E-state index contributed by atoms with van der Waals surface area (Å²) in [5, 5.41) is 8.47. The van der Waals surface area contributed by atoms with E-state index in [1.807, 2.05) is 0 Å². The van der Waals surface area contributed by atoms with Crippen LogP contribution in [0.3, 0.4) is 0 Å². The Kier molecular flexibility index (Phi) is 3.36. The van der Waals surface area contributed by atoms with Crippen molar-refractivity contribution in [3.8, 4) is 11.8 Å². The summed E-state index contributed by atoms with van der Waals surface area (Å²) < 4.78 is 63.7. The van der Waals surface area contributed by atoms with Gasteiger partial charge in [-0.2, -0.15) is 5.26 Å². The number of anilines is 1. The maximum atomic E-state index is 12.3. The standard InChI is InChI=1S/C8H4F5N3O/c9-7(10)6-3(15)1-5(4(2-14)16-6)17-8(11,12)13/h1,7H,15H2. The van der Waals surface area contributed by atoms with Crippen molar-refractivity contribution >= 4 is 5.69 Å². The Labute approximate surface area is 91.4 Å². The molecule has 0 aliphatic rings. The number of nitrogens with zero attached hydrogens (tertiary/aromatic N) is 2. The van der Waals surface area contributed by atoms with E-state index in [1.54, 1.807) is 0 Å². The second-order valence-corrected chi connectivity index (χ2v) is 2.77. The molecular weight excluding hydrogens is 249 g/mol. The molecule has 1 aromatic heterocycles. The van der Waals surface area contributed by atoms with E-state index in [0.717, 1.165) is 0 Å². The molecule has 17 heavy (non-hydrogen) atoms. The van der Waals surface area contributed by atoms with E-state index in [2.05, 4.69) is 9.72 Å². The SMILES string of the molecule is N#Cc1nc(C(F)F)c(N)cc1OC(F)(F)F. The molecule has 9 heteroatoms. The molecule has 0 amide bonds. The van der Waals surface area contributed by atoms with Gasteiger partial charge in [-0.15, -0.1) is 13.2 Å². The van der Waals surface area contributed by atoms with Crippen molar-refractivity contribution in [3.05, 3.63) is 17.5 Å². The second-order valence-electron chi connectivity index (χ2n) is 2.77. The molecule has 1 heterocycles. The first-order valence-corrected chi connectivity index (χ1v) is 3.99. The lowest BCUT2D eigenvalue weighted by atomic mass is 10.2. The van der Waals surface area contributed by atoms with Crippen molar-refractivity contribution in [3.63, 3.8) is 0 Å². The molecule has 1 rings (SSSR count). The predicted molar refractivity (Wildman–Crippen MR) is 45.0 cm³/mol. The van der Waals surface area contributed by atoms with E-state index in [4.69, 9.17) is 11.0 Å². The fraction of sp³-hybridized carbons (Fsp3) is 0.250. The van der Waals surface area contributed by atoms with Gasteiger partial charge in [-0.25, -0.2) is 13.8 Å². The Hall–Kier alpha value is -2.11. The van der Waals surface area contributed by atoms with Gasteiger partial charge in [0.25, 0.3) is 6.43 Å². The maximum absolute atomic E-state index is 12.3. The van der Waals surface area contributed by atoms with Crippen LogP contribution in [-0.2, 0) is 0 Å². The first-order valence-electron chi connectivity index (χ1n) is 3.99. The van der Waals surface area contributed by atoms with Gasteiger partial charge in [0.1, 0.15) is 11.8 Å². The summed E-state index contributed by atoms with van der Waals surface area (Å²) >= 11 is 0. The first kappa shape index (κ1) is 13.0. The Morgan fingerprint density at radius 1 is 1.41 bits per heavy atom. The molecular formula is C8H4F5N3O. The van der Waals surface area contributed by atoms with Crippen molar-refractivity contribution in [1.29, 1.82) is 5.26 Å². The van der Waals surface area contributed by atoms with Crippen molar-refractivity contribution in [2.24, 2.45) is 0 Å². The lowest BCUT2D eigenvalue weighted by molar-refractivity contribution is -0.274. The zero-order valence-electron chi connectivity index (χ0n) is 7.92. The molecule has 2 N–H and O–H groups in total. The Balaban J connectivity index is 3.25. The van der Waals surface area contributed by atoms with Crippen LogP contribution < -0.4 is 10.5 Å². The number of nitriles is 1. The van der Waals surface area contributed by atoms with Gasteiger partial charge in [-0.05, 0) is 0 Å². The summed E-state index contributed by atoms with van der Waals surface area (Å²) in [7, 11) is 0. The minimum absolute atomic E-state index is 0.487. The predicted octanol–water partition coefficient (Wildman–Crippen LogP) is 2.37. The van der Waals surface area contributed by atoms with Crippen LogP contribution in [0.2, 0.25) is 0 Å². The first-order chi connectivity index (χ1) is 7.74. The molecule has 1 aromatic rings. The topological polar surface area (TPSA) is 71.9 Å². The molecule has 0 aliphatic carbocycles. The third-order valence-corrected chi connectivity index (χ3v) is 1.59. The third-order valence-electron chi connectivity index (χ3n) is 1.59. The summed E-state index contributed by atoms with van der Waals surface area (Å²) in [6.45, 7) is 0. The largest absolute Gasteiger partial charge is 0.573 e. The summed E-state index contributed by atoms with van der Waals surface area (Å²) in [6.07, 6.45) is -8.16. The van der Waals surface area contributed by atoms with Gasteiger partial charge >= 0.3 is 6.36 Å². The summed E-state index contributed by atoms with van der Waals surface area (Å²) in [6, 6.07) is 1.70. The van der Waals surface area contributed by atoms with E-state index < -0.39 is 35.6 Å². The van der Waals surface area contributed by atoms with E-state index in [-0.39, 0.29) is 0 Å². The average molecular weight is 253 g/mol. The Morgan fingerprint density at radius 3 is 2.41 bits per heavy atom. The molecule has 4 nitrogen and oxygen atoms in total. The number of aromatic nitrogens is 1. The quantitative estimate of drug-likeness (QED) is 0.821. The highest BCUT2D eigenvalue weighted by molar-refractivity contribution is 5.53. The van der Waals surface area contributed by atoms with Crippen LogP contribution in [0.4, 0.5) is 27.6 Å². The summed E-state index contributed by atoms with van der Waals surface area (Å²) in [5.41, 5.74) is 2.51. The number of hydrogen-bond acceptors (Lipinski definition) is 4. The normalized spacial score (nSPS) is 11.4. The van der Waals surface area contributed by atoms with Crippen LogP contribution >= 0.6 is 0 Å². The molecule has 0 fully saturated rings. The van der Waals surface area contributed by atoms with Crippen molar-refractivity contribution in [1.82, 2.24) is 4.98 Å². The number of hydrogen-bond donors (Lipinski definition) is 1. The minimum atomic E-state index is -5.06. The number of pyridine rings is 1. The number of nitrogen functional groups attached to an aromatic ring is 1. The molecule has 0 atom stereocenters. The van der Waals surface area contributed by atoms with Crippen LogP contribution in [0.1, 0.15) is 17.8 Å². The highest BCUT2D eigenvalue weighted by atomic mass is 19.4. The molecule has 0 unspecified atom stereocenters. The molecule has 0 bridgehead atoms. The van der Waals surface area contributed by atoms with Crippen molar-refractivity contribution in [2.75, 3.05) is 5.73 Å². The van der Waals surface area contributed by atoms with Crippen LogP contribution in [0, 0.1) is 11.3 Å². The Morgan fingerprint density at radius 2 is 2.00 bits per heavy atom. The maximum Gasteiger partial charge on any atom is 0.573 e. The van der Waals surface area contributed by atoms with Crippen LogP contribution in [0.25, 0.3) is 0 Å². The highest BCUT2D eigenvalue weighted by Crippen LogP contribution is 2.31. The molecule has 92 valence electrons. The Bertz CT molecular complexity index is 465. The molecule has 0 aromatic carbocycles. The number of alkyl halides is 5. The summed E-state index contributed by atoms with van der Waals surface area (Å²) in [4.78, 5) is 3.01. The fourth-order valence-corrected chi connectivity index (χ4v) is 0.981. The molecule has 0 aliphatic heterocycles. The van der Waals surface area contributed by atoms with Crippen LogP contribution in [0.15, 0.2) is 6.07 Å². The van der Waals surface area contributed by atoms with Crippen LogP contribution in [-0.4, -0.2) is 11.3 Å². The van der Waals surface area contributed by atoms with Crippen molar-refractivity contribution in [2.45, 2.75) is 12.8 Å². The van der Waals surface area contributed by atoms with Gasteiger partial charge < -0.3 is 10.5 Å². The highest BCUT2D eigenvalue weighted by Gasteiger charge is 2.33. The lowest BCUT2D eigenvalue weighted by Crippen LogP contribution is -2.18. The number of rotatable bonds is 2. The van der Waals surface area contributed by atoms with E-state index in [1.165, 1.54) is 6.07 Å². The zero-order chi connectivity index (χ0) is 13.2. The third kappa shape index (κ3) is 3.17. The number of halogens is 5. The molecule has 0 saturated carbocycles. The average Bonchev–Trinajstić information content (AvgIpc) is 2.14. The number of nitrogens with two attached hydrogens (primary N) is 1. The van der Waals surface area contributed by atoms with Gasteiger partial charge in [0.2, 0.25) is 0 Å². The van der Waals surface area contributed by atoms with E-state index in [9.17, 15) is 22.0 Å². The molecule has 0 saturated heterocycles. The van der Waals surface area contributed by atoms with Gasteiger partial charge in [-0.1, -0.05) is 0 Å². The second kappa shape index (κ2) is 4.40. The van der Waals surface area contributed by atoms with Gasteiger partial charge in [0.15, 0.2) is 11.4 Å². The molecule has 0 spiro atoms. The van der Waals surface area contributed by atoms with Gasteiger partial charge in [0.05, 0.1) is 5.69 Å². The van der Waals surface area contributed by atoms with E-state index in [0.29, 0.717) is 6.07 Å². The van der Waals surface area contributed by atoms with Gasteiger partial charge in [0, 0.05) is 6.07 Å². The lowest BCUT2D eigenvalue weighted by Gasteiger charge is -2.12. The van der Waals surface area contributed by atoms with E-state index >= 15 is 0 Å². The molecule has 0 radical (unpaired) electrons. The van der Waals surface area contributed by atoms with Crippen molar-refractivity contribution < 1.29 is 26.7 Å². The van der Waals surface area contributed by atoms with Crippen LogP contribution in [0.5, 0.6) is 5.75 Å². The smallest absolute Gasteiger partial charge is 0.403 e. The minimum Gasteiger partial charge on any atom is -0.403 e. The zero-order valence-corrected chi connectivity index (χ0v) is 7.92.